The molecule has 2 rings (SSSR count). The molecule has 0 aliphatic heterocycles. The van der Waals surface area contributed by atoms with E-state index in [0.717, 1.165) is 16.3 Å². The van der Waals surface area contributed by atoms with Gasteiger partial charge in [0.15, 0.2) is 0 Å². The summed E-state index contributed by atoms with van der Waals surface area (Å²) in [5, 5.41) is 4.27. The maximum absolute atomic E-state index is 12.2. The SMILES string of the molecule is CCNS(=O)(=O)c1ccccc1NCc1cnc(CC)s1. The Balaban J connectivity index is 2.17. The first kappa shape index (κ1) is 15.9. The van der Waals surface area contributed by atoms with Gasteiger partial charge in [-0.05, 0) is 18.6 Å². The Kier molecular flexibility index (Phi) is 5.33. The lowest BCUT2D eigenvalue weighted by atomic mass is 10.3. The van der Waals surface area contributed by atoms with Crippen LogP contribution in [0.4, 0.5) is 5.69 Å². The molecule has 0 aliphatic rings. The van der Waals surface area contributed by atoms with E-state index in [1.54, 1.807) is 36.5 Å². The first-order chi connectivity index (χ1) is 10.1. The lowest BCUT2D eigenvalue weighted by Gasteiger charge is -2.11. The molecule has 0 amide bonds. The van der Waals surface area contributed by atoms with E-state index in [2.05, 4.69) is 21.9 Å². The van der Waals surface area contributed by atoms with Gasteiger partial charge < -0.3 is 5.32 Å². The summed E-state index contributed by atoms with van der Waals surface area (Å²) in [6.07, 6.45) is 2.74. The fourth-order valence-corrected chi connectivity index (χ4v) is 3.92. The number of aromatic nitrogens is 1. The number of anilines is 1. The highest BCUT2D eigenvalue weighted by atomic mass is 32.2. The van der Waals surface area contributed by atoms with Gasteiger partial charge >= 0.3 is 0 Å². The summed E-state index contributed by atoms with van der Waals surface area (Å²) in [6, 6.07) is 6.91. The molecule has 0 atom stereocenters. The Bertz CT molecular complexity index is 696. The van der Waals surface area contributed by atoms with E-state index < -0.39 is 10.0 Å². The summed E-state index contributed by atoms with van der Waals surface area (Å²) < 4.78 is 26.8. The van der Waals surface area contributed by atoms with Crippen molar-refractivity contribution >= 4 is 27.0 Å². The molecule has 114 valence electrons. The highest BCUT2D eigenvalue weighted by Crippen LogP contribution is 2.22. The van der Waals surface area contributed by atoms with E-state index in [9.17, 15) is 8.42 Å². The van der Waals surface area contributed by atoms with Gasteiger partial charge in [0.1, 0.15) is 4.90 Å². The topological polar surface area (TPSA) is 71.1 Å². The minimum absolute atomic E-state index is 0.270. The van der Waals surface area contributed by atoms with Crippen LogP contribution in [0.15, 0.2) is 35.4 Å². The first-order valence-corrected chi connectivity index (χ1v) is 9.13. The van der Waals surface area contributed by atoms with E-state index in [-0.39, 0.29) is 4.90 Å². The van der Waals surface area contributed by atoms with Crippen LogP contribution in [0, 0.1) is 0 Å². The number of nitrogens with zero attached hydrogens (tertiary/aromatic N) is 1. The average Bonchev–Trinajstić information content (AvgIpc) is 2.93. The minimum Gasteiger partial charge on any atom is -0.379 e. The molecule has 0 saturated heterocycles. The third-order valence-corrected chi connectivity index (χ3v) is 5.61. The van der Waals surface area contributed by atoms with Gasteiger partial charge in [0.25, 0.3) is 0 Å². The second kappa shape index (κ2) is 7.02. The molecular weight excluding hydrogens is 306 g/mol. The molecule has 0 aliphatic carbocycles. The first-order valence-electron chi connectivity index (χ1n) is 6.83. The van der Waals surface area contributed by atoms with Gasteiger partial charge in [0, 0.05) is 17.6 Å². The van der Waals surface area contributed by atoms with Gasteiger partial charge in [-0.15, -0.1) is 11.3 Å². The standard InChI is InChI=1S/C14H19N3O2S2/c1-3-14-16-10-11(20-14)9-15-12-7-5-6-8-13(12)21(18,19)17-4-2/h5-8,10,15,17H,3-4,9H2,1-2H3. The summed E-state index contributed by atoms with van der Waals surface area (Å²) in [5.74, 6) is 0. The molecule has 0 bridgehead atoms. The second-order valence-electron chi connectivity index (χ2n) is 4.42. The summed E-state index contributed by atoms with van der Waals surface area (Å²) in [5.41, 5.74) is 0.602. The zero-order valence-corrected chi connectivity index (χ0v) is 13.7. The van der Waals surface area contributed by atoms with Crippen molar-refractivity contribution in [3.63, 3.8) is 0 Å². The number of rotatable bonds is 7. The Labute approximate surface area is 129 Å². The van der Waals surface area contributed by atoms with Crippen LogP contribution in [0.5, 0.6) is 0 Å². The number of benzene rings is 1. The van der Waals surface area contributed by atoms with Crippen LogP contribution in [0.3, 0.4) is 0 Å². The molecule has 0 radical (unpaired) electrons. The van der Waals surface area contributed by atoms with Crippen molar-refractivity contribution in [1.82, 2.24) is 9.71 Å². The van der Waals surface area contributed by atoms with Crippen LogP contribution in [0.25, 0.3) is 0 Å². The minimum atomic E-state index is -3.47. The van der Waals surface area contributed by atoms with Crippen LogP contribution in [0.2, 0.25) is 0 Å². The molecule has 7 heteroatoms. The summed E-state index contributed by atoms with van der Waals surface area (Å²) in [4.78, 5) is 5.65. The Hall–Kier alpha value is -1.44. The second-order valence-corrected chi connectivity index (χ2v) is 7.36. The third kappa shape index (κ3) is 4.03. The van der Waals surface area contributed by atoms with Gasteiger partial charge in [-0.3, -0.25) is 0 Å². The molecule has 21 heavy (non-hydrogen) atoms. The van der Waals surface area contributed by atoms with Crippen LogP contribution in [-0.2, 0) is 23.0 Å². The Morgan fingerprint density at radius 1 is 1.24 bits per heavy atom. The number of aryl methyl sites for hydroxylation is 1. The van der Waals surface area contributed by atoms with E-state index in [4.69, 9.17) is 0 Å². The van der Waals surface area contributed by atoms with Crippen LogP contribution in [0.1, 0.15) is 23.7 Å². The maximum atomic E-state index is 12.2. The monoisotopic (exact) mass is 325 g/mol. The van der Waals surface area contributed by atoms with Crippen molar-refractivity contribution in [2.24, 2.45) is 0 Å². The zero-order chi connectivity index (χ0) is 15.3. The van der Waals surface area contributed by atoms with Gasteiger partial charge in [0.05, 0.1) is 17.2 Å². The number of sulfonamides is 1. The summed E-state index contributed by atoms with van der Waals surface area (Å²) in [7, 11) is -3.47. The molecule has 0 unspecified atom stereocenters. The zero-order valence-electron chi connectivity index (χ0n) is 12.1. The molecule has 1 aromatic carbocycles. The van der Waals surface area contributed by atoms with Gasteiger partial charge in [-0.1, -0.05) is 26.0 Å². The Morgan fingerprint density at radius 2 is 2.00 bits per heavy atom. The highest BCUT2D eigenvalue weighted by molar-refractivity contribution is 7.89. The van der Waals surface area contributed by atoms with Crippen LogP contribution >= 0.6 is 11.3 Å². The molecule has 1 heterocycles. The van der Waals surface area contributed by atoms with Crippen molar-refractivity contribution in [2.45, 2.75) is 31.7 Å². The van der Waals surface area contributed by atoms with Crippen molar-refractivity contribution in [3.05, 3.63) is 40.3 Å². The van der Waals surface area contributed by atoms with E-state index in [1.807, 2.05) is 12.3 Å². The Morgan fingerprint density at radius 3 is 2.67 bits per heavy atom. The lowest BCUT2D eigenvalue weighted by molar-refractivity contribution is 0.584. The van der Waals surface area contributed by atoms with E-state index in [0.29, 0.717) is 18.8 Å². The number of hydrogen-bond donors (Lipinski definition) is 2. The van der Waals surface area contributed by atoms with Crippen molar-refractivity contribution < 1.29 is 8.42 Å². The fourth-order valence-electron chi connectivity index (χ4n) is 1.89. The quantitative estimate of drug-likeness (QED) is 0.821. The highest BCUT2D eigenvalue weighted by Gasteiger charge is 2.16. The maximum Gasteiger partial charge on any atom is 0.242 e. The molecule has 2 N–H and O–H groups in total. The molecule has 2 aromatic rings. The number of nitrogens with one attached hydrogen (secondary N) is 2. The fraction of sp³-hybridized carbons (Fsp3) is 0.357. The van der Waals surface area contributed by atoms with Crippen LogP contribution in [-0.4, -0.2) is 19.9 Å². The lowest BCUT2D eigenvalue weighted by Crippen LogP contribution is -2.24. The normalized spacial score (nSPS) is 11.5. The number of hydrogen-bond acceptors (Lipinski definition) is 5. The largest absolute Gasteiger partial charge is 0.379 e. The van der Waals surface area contributed by atoms with E-state index >= 15 is 0 Å². The molecule has 5 nitrogen and oxygen atoms in total. The van der Waals surface area contributed by atoms with Crippen molar-refractivity contribution in [2.75, 3.05) is 11.9 Å². The van der Waals surface area contributed by atoms with Crippen LogP contribution < -0.4 is 10.0 Å². The van der Waals surface area contributed by atoms with Gasteiger partial charge in [-0.2, -0.15) is 0 Å². The number of thiazole rings is 1. The predicted octanol–water partition coefficient (Wildman–Crippen LogP) is 2.62. The van der Waals surface area contributed by atoms with E-state index in [1.165, 1.54) is 0 Å². The average molecular weight is 325 g/mol. The predicted molar refractivity (Wildman–Crippen MR) is 86.1 cm³/mol. The number of para-hydroxylation sites is 1. The van der Waals surface area contributed by atoms with Crippen molar-refractivity contribution in [3.8, 4) is 0 Å². The summed E-state index contributed by atoms with van der Waals surface area (Å²) >= 11 is 1.64. The molecule has 0 saturated carbocycles. The molecule has 0 spiro atoms. The molecule has 1 aromatic heterocycles. The van der Waals surface area contributed by atoms with Crippen molar-refractivity contribution in [1.29, 1.82) is 0 Å². The smallest absolute Gasteiger partial charge is 0.242 e. The molecular formula is C14H19N3O2S2. The summed E-state index contributed by atoms with van der Waals surface area (Å²) in [6.45, 7) is 4.76. The van der Waals surface area contributed by atoms with Gasteiger partial charge in [-0.25, -0.2) is 18.1 Å². The molecule has 0 fully saturated rings. The third-order valence-electron chi connectivity index (χ3n) is 2.87. The van der Waals surface area contributed by atoms with Gasteiger partial charge in [0.2, 0.25) is 10.0 Å².